The van der Waals surface area contributed by atoms with E-state index in [2.05, 4.69) is 0 Å². The second-order valence-corrected chi connectivity index (χ2v) is 7.42. The minimum atomic E-state index is -0.747. The number of hydrogen-bond acceptors (Lipinski definition) is 4. The highest BCUT2D eigenvalue weighted by molar-refractivity contribution is 5.69. The summed E-state index contributed by atoms with van der Waals surface area (Å²) in [4.78, 5) is 14.1. The van der Waals surface area contributed by atoms with Crippen molar-refractivity contribution in [3.05, 3.63) is 35.9 Å². The molecule has 5 nitrogen and oxygen atoms in total. The van der Waals surface area contributed by atoms with Gasteiger partial charge < -0.3 is 14.6 Å². The molecule has 1 amide bonds. The van der Waals surface area contributed by atoms with Crippen LogP contribution in [0, 0.1) is 0 Å². The fourth-order valence-electron chi connectivity index (χ4n) is 2.81. The van der Waals surface area contributed by atoms with E-state index in [9.17, 15) is 9.90 Å². The lowest BCUT2D eigenvalue weighted by Crippen LogP contribution is -2.50. The summed E-state index contributed by atoms with van der Waals surface area (Å²) in [5, 5.41) is 10.4. The SMILES string of the molecule is CC(C)(C)OC(=O)N1[C@@H](C[C@H](O)c2ccccc2)COC1(C)C. The maximum atomic E-state index is 12.5. The van der Waals surface area contributed by atoms with E-state index < -0.39 is 23.5 Å². The van der Waals surface area contributed by atoms with Crippen molar-refractivity contribution >= 4 is 6.09 Å². The predicted molar refractivity (Wildman–Crippen MR) is 87.9 cm³/mol. The van der Waals surface area contributed by atoms with Gasteiger partial charge in [-0.2, -0.15) is 0 Å². The second-order valence-electron chi connectivity index (χ2n) is 7.42. The number of carbonyl (C=O) groups is 1. The van der Waals surface area contributed by atoms with Gasteiger partial charge in [0, 0.05) is 6.42 Å². The summed E-state index contributed by atoms with van der Waals surface area (Å²) < 4.78 is 11.3. The monoisotopic (exact) mass is 321 g/mol. The van der Waals surface area contributed by atoms with Crippen LogP contribution >= 0.6 is 0 Å². The number of aliphatic hydroxyl groups is 1. The lowest BCUT2D eigenvalue weighted by molar-refractivity contribution is -0.0637. The molecule has 1 heterocycles. The summed E-state index contributed by atoms with van der Waals surface area (Å²) in [5.41, 5.74) is -0.483. The van der Waals surface area contributed by atoms with E-state index in [4.69, 9.17) is 9.47 Å². The van der Waals surface area contributed by atoms with Crippen LogP contribution < -0.4 is 0 Å². The Morgan fingerprint density at radius 1 is 1.39 bits per heavy atom. The van der Waals surface area contributed by atoms with Gasteiger partial charge in [0.25, 0.3) is 0 Å². The van der Waals surface area contributed by atoms with Gasteiger partial charge in [-0.1, -0.05) is 30.3 Å². The molecule has 5 heteroatoms. The highest BCUT2D eigenvalue weighted by atomic mass is 16.6. The number of benzene rings is 1. The first-order valence-electron chi connectivity index (χ1n) is 7.99. The van der Waals surface area contributed by atoms with Crippen molar-refractivity contribution in [2.24, 2.45) is 0 Å². The molecule has 0 radical (unpaired) electrons. The molecule has 0 saturated carbocycles. The first-order valence-corrected chi connectivity index (χ1v) is 7.99. The van der Waals surface area contributed by atoms with Crippen molar-refractivity contribution in [2.45, 2.75) is 64.5 Å². The molecule has 0 aliphatic carbocycles. The van der Waals surface area contributed by atoms with Gasteiger partial charge in [-0.25, -0.2) is 4.79 Å². The number of nitrogens with zero attached hydrogens (tertiary/aromatic N) is 1. The van der Waals surface area contributed by atoms with Crippen LogP contribution in [0.3, 0.4) is 0 Å². The van der Waals surface area contributed by atoms with E-state index in [1.54, 1.807) is 4.90 Å². The Kier molecular flexibility index (Phi) is 5.01. The third-order valence-electron chi connectivity index (χ3n) is 3.84. The molecule has 1 N–H and O–H groups in total. The molecular weight excluding hydrogens is 294 g/mol. The summed E-state index contributed by atoms with van der Waals surface area (Å²) >= 11 is 0. The zero-order valence-corrected chi connectivity index (χ0v) is 14.6. The molecule has 0 bridgehead atoms. The van der Waals surface area contributed by atoms with Gasteiger partial charge in [-0.15, -0.1) is 0 Å². The Balaban J connectivity index is 2.12. The van der Waals surface area contributed by atoms with Crippen LogP contribution in [0.2, 0.25) is 0 Å². The van der Waals surface area contributed by atoms with Crippen molar-refractivity contribution < 1.29 is 19.4 Å². The second kappa shape index (κ2) is 6.49. The van der Waals surface area contributed by atoms with Crippen molar-refractivity contribution in [1.29, 1.82) is 0 Å². The van der Waals surface area contributed by atoms with Crippen LogP contribution in [-0.4, -0.2) is 40.1 Å². The van der Waals surface area contributed by atoms with E-state index in [1.807, 2.05) is 65.0 Å². The summed E-state index contributed by atoms with van der Waals surface area (Å²) in [6, 6.07) is 9.21. The normalized spacial score (nSPS) is 22.0. The number of ether oxygens (including phenoxy) is 2. The van der Waals surface area contributed by atoms with Gasteiger partial charge in [0.1, 0.15) is 11.3 Å². The van der Waals surface area contributed by atoms with Crippen LogP contribution in [0.1, 0.15) is 52.7 Å². The zero-order chi connectivity index (χ0) is 17.3. The summed E-state index contributed by atoms with van der Waals surface area (Å²) in [6.45, 7) is 9.57. The predicted octanol–water partition coefficient (Wildman–Crippen LogP) is 3.48. The number of carbonyl (C=O) groups excluding carboxylic acids is 1. The quantitative estimate of drug-likeness (QED) is 0.926. The van der Waals surface area contributed by atoms with Gasteiger partial charge in [0.2, 0.25) is 0 Å². The van der Waals surface area contributed by atoms with E-state index in [1.165, 1.54) is 0 Å². The minimum absolute atomic E-state index is 0.227. The maximum absolute atomic E-state index is 12.5. The van der Waals surface area contributed by atoms with Crippen LogP contribution in [0.25, 0.3) is 0 Å². The highest BCUT2D eigenvalue weighted by Gasteiger charge is 2.46. The van der Waals surface area contributed by atoms with E-state index >= 15 is 0 Å². The zero-order valence-electron chi connectivity index (χ0n) is 14.6. The molecule has 1 aromatic rings. The Labute approximate surface area is 138 Å². The third-order valence-corrected chi connectivity index (χ3v) is 3.84. The largest absolute Gasteiger partial charge is 0.444 e. The van der Waals surface area contributed by atoms with Crippen LogP contribution in [0.4, 0.5) is 4.79 Å². The molecule has 23 heavy (non-hydrogen) atoms. The molecule has 1 saturated heterocycles. The van der Waals surface area contributed by atoms with E-state index in [0.717, 1.165) is 5.56 Å². The molecule has 1 fully saturated rings. The molecule has 128 valence electrons. The number of rotatable bonds is 3. The molecule has 0 aromatic heterocycles. The average Bonchev–Trinajstić information content (AvgIpc) is 2.72. The summed E-state index contributed by atoms with van der Waals surface area (Å²) in [6.07, 6.45) is -0.652. The fraction of sp³-hybridized carbons (Fsp3) is 0.611. The Morgan fingerprint density at radius 3 is 2.57 bits per heavy atom. The molecule has 1 aliphatic rings. The van der Waals surface area contributed by atoms with E-state index in [0.29, 0.717) is 13.0 Å². The maximum Gasteiger partial charge on any atom is 0.412 e. The molecule has 1 aliphatic heterocycles. The van der Waals surface area contributed by atoms with Gasteiger partial charge >= 0.3 is 6.09 Å². The first kappa shape index (κ1) is 17.8. The van der Waals surface area contributed by atoms with Gasteiger partial charge in [0.05, 0.1) is 18.8 Å². The fourth-order valence-corrected chi connectivity index (χ4v) is 2.81. The lowest BCUT2D eigenvalue weighted by atomic mass is 10.0. The van der Waals surface area contributed by atoms with Crippen LogP contribution in [0.5, 0.6) is 0 Å². The number of aliphatic hydroxyl groups excluding tert-OH is 1. The lowest BCUT2D eigenvalue weighted by Gasteiger charge is -2.35. The third kappa shape index (κ3) is 4.45. The highest BCUT2D eigenvalue weighted by Crippen LogP contribution is 2.33. The van der Waals surface area contributed by atoms with Crippen molar-refractivity contribution in [2.75, 3.05) is 6.61 Å². The molecular formula is C18H27NO4. The minimum Gasteiger partial charge on any atom is -0.444 e. The van der Waals surface area contributed by atoms with Crippen molar-refractivity contribution in [3.8, 4) is 0 Å². The van der Waals surface area contributed by atoms with Crippen molar-refractivity contribution in [1.82, 2.24) is 4.90 Å². The van der Waals surface area contributed by atoms with Crippen molar-refractivity contribution in [3.63, 3.8) is 0 Å². The van der Waals surface area contributed by atoms with Crippen LogP contribution in [-0.2, 0) is 9.47 Å². The number of hydrogen-bond donors (Lipinski definition) is 1. The Bertz CT molecular complexity index is 536. The topological polar surface area (TPSA) is 59.0 Å². The Morgan fingerprint density at radius 2 is 2.00 bits per heavy atom. The van der Waals surface area contributed by atoms with Gasteiger partial charge in [-0.05, 0) is 40.2 Å². The number of amides is 1. The molecule has 2 atom stereocenters. The Hall–Kier alpha value is -1.59. The first-order chi connectivity index (χ1) is 10.6. The average molecular weight is 321 g/mol. The molecule has 0 spiro atoms. The molecule has 2 rings (SSSR count). The van der Waals surface area contributed by atoms with E-state index in [-0.39, 0.29) is 6.04 Å². The smallest absolute Gasteiger partial charge is 0.412 e. The summed E-state index contributed by atoms with van der Waals surface area (Å²) in [7, 11) is 0. The summed E-state index contributed by atoms with van der Waals surface area (Å²) in [5.74, 6) is 0. The van der Waals surface area contributed by atoms with Crippen LogP contribution in [0.15, 0.2) is 30.3 Å². The molecule has 0 unspecified atom stereocenters. The standard InChI is InChI=1S/C18H27NO4/c1-17(2,3)23-16(21)19-14(12-22-18(19,4)5)11-15(20)13-9-7-6-8-10-13/h6-10,14-15,20H,11-12H2,1-5H3/t14-,15-/m0/s1. The molecule has 1 aromatic carbocycles. The van der Waals surface area contributed by atoms with Gasteiger partial charge in [-0.3, -0.25) is 4.90 Å². The van der Waals surface area contributed by atoms with Gasteiger partial charge in [0.15, 0.2) is 0 Å².